The van der Waals surface area contributed by atoms with Crippen LogP contribution in [0.25, 0.3) is 0 Å². The van der Waals surface area contributed by atoms with E-state index in [-0.39, 0.29) is 5.91 Å². The third kappa shape index (κ3) is 3.99. The normalized spacial score (nSPS) is 10.3. The molecular formula is C19H17NO2S. The second-order valence-corrected chi connectivity index (χ2v) is 6.01. The number of para-hydroxylation sites is 1. The molecule has 116 valence electrons. The van der Waals surface area contributed by atoms with Crippen LogP contribution in [0.1, 0.15) is 15.9 Å². The Hall–Kier alpha value is -2.59. The van der Waals surface area contributed by atoms with Crippen LogP contribution in [0.15, 0.2) is 71.4 Å². The summed E-state index contributed by atoms with van der Waals surface area (Å²) in [6.45, 7) is 0.570. The lowest BCUT2D eigenvalue weighted by Crippen LogP contribution is -2.25. The van der Waals surface area contributed by atoms with E-state index in [0.29, 0.717) is 6.54 Å². The Kier molecular flexibility index (Phi) is 4.74. The molecule has 0 N–H and O–H groups in total. The van der Waals surface area contributed by atoms with Crippen LogP contribution in [0.2, 0.25) is 0 Å². The van der Waals surface area contributed by atoms with Gasteiger partial charge in [0.05, 0.1) is 5.56 Å². The van der Waals surface area contributed by atoms with Gasteiger partial charge in [-0.2, -0.15) is 11.3 Å². The van der Waals surface area contributed by atoms with Crippen LogP contribution in [-0.2, 0) is 6.54 Å². The van der Waals surface area contributed by atoms with Crippen molar-refractivity contribution in [3.63, 3.8) is 0 Å². The van der Waals surface area contributed by atoms with Crippen LogP contribution in [0.4, 0.5) is 0 Å². The summed E-state index contributed by atoms with van der Waals surface area (Å²) >= 11 is 1.53. The fraction of sp³-hybridized carbons (Fsp3) is 0.105. The second-order valence-electron chi connectivity index (χ2n) is 5.23. The molecule has 1 aromatic heterocycles. The topological polar surface area (TPSA) is 29.5 Å². The molecule has 4 heteroatoms. The monoisotopic (exact) mass is 323 g/mol. The van der Waals surface area contributed by atoms with Gasteiger partial charge in [-0.15, -0.1) is 0 Å². The molecule has 0 saturated heterocycles. The average Bonchev–Trinajstić information content (AvgIpc) is 3.11. The number of ether oxygens (including phenoxy) is 1. The van der Waals surface area contributed by atoms with Gasteiger partial charge in [-0.05, 0) is 41.3 Å². The third-order valence-corrected chi connectivity index (χ3v) is 4.12. The summed E-state index contributed by atoms with van der Waals surface area (Å²) in [6.07, 6.45) is 0. The van der Waals surface area contributed by atoms with Crippen molar-refractivity contribution in [3.8, 4) is 11.5 Å². The predicted octanol–water partition coefficient (Wildman–Crippen LogP) is 4.81. The minimum Gasteiger partial charge on any atom is -0.457 e. The zero-order chi connectivity index (χ0) is 16.1. The van der Waals surface area contributed by atoms with Crippen LogP contribution in [-0.4, -0.2) is 17.9 Å². The average molecular weight is 323 g/mol. The maximum Gasteiger partial charge on any atom is 0.254 e. The maximum atomic E-state index is 12.2. The minimum atomic E-state index is 0.0378. The standard InChI is InChI=1S/C19H17NO2S/c1-20(19(21)16-11-12-23-14-16)13-15-7-9-18(10-8-15)22-17-5-3-2-4-6-17/h2-12,14H,13H2,1H3. The molecule has 3 aromatic rings. The Morgan fingerprint density at radius 1 is 1.00 bits per heavy atom. The molecule has 0 atom stereocenters. The molecule has 0 fully saturated rings. The Labute approximate surface area is 139 Å². The molecular weight excluding hydrogens is 306 g/mol. The van der Waals surface area contributed by atoms with Crippen molar-refractivity contribution in [2.75, 3.05) is 7.05 Å². The first kappa shape index (κ1) is 15.3. The molecule has 0 radical (unpaired) electrons. The number of hydrogen-bond donors (Lipinski definition) is 0. The van der Waals surface area contributed by atoms with Crippen LogP contribution in [0.3, 0.4) is 0 Å². The number of amides is 1. The Morgan fingerprint density at radius 2 is 1.70 bits per heavy atom. The van der Waals surface area contributed by atoms with E-state index in [1.54, 1.807) is 4.90 Å². The van der Waals surface area contributed by atoms with E-state index in [2.05, 4.69) is 0 Å². The Bertz CT molecular complexity index is 752. The number of carbonyl (C=O) groups is 1. The molecule has 0 aliphatic carbocycles. The van der Waals surface area contributed by atoms with Crippen LogP contribution >= 0.6 is 11.3 Å². The van der Waals surface area contributed by atoms with Gasteiger partial charge in [0.1, 0.15) is 11.5 Å². The van der Waals surface area contributed by atoms with Crippen molar-refractivity contribution in [1.82, 2.24) is 4.90 Å². The first-order chi connectivity index (χ1) is 11.2. The second kappa shape index (κ2) is 7.11. The molecule has 0 saturated carbocycles. The zero-order valence-corrected chi connectivity index (χ0v) is 13.6. The highest BCUT2D eigenvalue weighted by Crippen LogP contribution is 2.21. The summed E-state index contributed by atoms with van der Waals surface area (Å²) in [4.78, 5) is 13.9. The number of thiophene rings is 1. The van der Waals surface area contributed by atoms with E-state index in [4.69, 9.17) is 4.74 Å². The highest BCUT2D eigenvalue weighted by molar-refractivity contribution is 7.08. The smallest absolute Gasteiger partial charge is 0.254 e. The van der Waals surface area contributed by atoms with Gasteiger partial charge in [-0.3, -0.25) is 4.79 Å². The van der Waals surface area contributed by atoms with E-state index in [1.807, 2.05) is 78.5 Å². The first-order valence-corrected chi connectivity index (χ1v) is 8.26. The van der Waals surface area contributed by atoms with Gasteiger partial charge in [-0.1, -0.05) is 30.3 Å². The fourth-order valence-electron chi connectivity index (χ4n) is 2.24. The summed E-state index contributed by atoms with van der Waals surface area (Å²) < 4.78 is 5.77. The van der Waals surface area contributed by atoms with Crippen molar-refractivity contribution in [2.24, 2.45) is 0 Å². The van der Waals surface area contributed by atoms with E-state index in [1.165, 1.54) is 11.3 Å². The van der Waals surface area contributed by atoms with Crippen LogP contribution in [0.5, 0.6) is 11.5 Å². The number of nitrogens with zero attached hydrogens (tertiary/aromatic N) is 1. The van der Waals surface area contributed by atoms with Gasteiger partial charge in [0.2, 0.25) is 0 Å². The van der Waals surface area contributed by atoms with Crippen molar-refractivity contribution >= 4 is 17.2 Å². The van der Waals surface area contributed by atoms with Crippen LogP contribution in [0, 0.1) is 0 Å². The first-order valence-electron chi connectivity index (χ1n) is 7.32. The Morgan fingerprint density at radius 3 is 2.35 bits per heavy atom. The minimum absolute atomic E-state index is 0.0378. The highest BCUT2D eigenvalue weighted by Gasteiger charge is 2.12. The zero-order valence-electron chi connectivity index (χ0n) is 12.8. The SMILES string of the molecule is CN(Cc1ccc(Oc2ccccc2)cc1)C(=O)c1ccsc1. The lowest BCUT2D eigenvalue weighted by molar-refractivity contribution is 0.0785. The number of rotatable bonds is 5. The third-order valence-electron chi connectivity index (χ3n) is 3.44. The lowest BCUT2D eigenvalue weighted by atomic mass is 10.2. The van der Waals surface area contributed by atoms with E-state index >= 15 is 0 Å². The van der Waals surface area contributed by atoms with Crippen LogP contribution < -0.4 is 4.74 Å². The predicted molar refractivity (Wildman–Crippen MR) is 93.1 cm³/mol. The molecule has 0 bridgehead atoms. The molecule has 0 spiro atoms. The number of benzene rings is 2. The van der Waals surface area contributed by atoms with Crippen molar-refractivity contribution < 1.29 is 9.53 Å². The molecule has 0 aliphatic heterocycles. The van der Waals surface area contributed by atoms with E-state index < -0.39 is 0 Å². The molecule has 2 aromatic carbocycles. The molecule has 23 heavy (non-hydrogen) atoms. The molecule has 1 heterocycles. The summed E-state index contributed by atoms with van der Waals surface area (Å²) in [5.74, 6) is 1.63. The lowest BCUT2D eigenvalue weighted by Gasteiger charge is -2.17. The number of hydrogen-bond acceptors (Lipinski definition) is 3. The molecule has 1 amide bonds. The summed E-state index contributed by atoms with van der Waals surface area (Å²) in [5, 5.41) is 3.78. The Balaban J connectivity index is 1.62. The van der Waals surface area contributed by atoms with Gasteiger partial charge < -0.3 is 9.64 Å². The van der Waals surface area contributed by atoms with Gasteiger partial charge in [0.15, 0.2) is 0 Å². The largest absolute Gasteiger partial charge is 0.457 e. The fourth-order valence-corrected chi connectivity index (χ4v) is 2.87. The molecule has 0 aliphatic rings. The van der Waals surface area contributed by atoms with Crippen molar-refractivity contribution in [2.45, 2.75) is 6.54 Å². The van der Waals surface area contributed by atoms with Gasteiger partial charge >= 0.3 is 0 Å². The summed E-state index contributed by atoms with van der Waals surface area (Å²) in [7, 11) is 1.81. The number of carbonyl (C=O) groups excluding carboxylic acids is 1. The van der Waals surface area contributed by atoms with Gasteiger partial charge in [0.25, 0.3) is 5.91 Å². The molecule has 3 nitrogen and oxygen atoms in total. The molecule has 3 rings (SSSR count). The van der Waals surface area contributed by atoms with Gasteiger partial charge in [0, 0.05) is 19.0 Å². The quantitative estimate of drug-likeness (QED) is 0.674. The van der Waals surface area contributed by atoms with Crippen molar-refractivity contribution in [1.29, 1.82) is 0 Å². The maximum absolute atomic E-state index is 12.2. The molecule has 0 unspecified atom stereocenters. The highest BCUT2D eigenvalue weighted by atomic mass is 32.1. The van der Waals surface area contributed by atoms with E-state index in [0.717, 1.165) is 22.6 Å². The summed E-state index contributed by atoms with van der Waals surface area (Å²) in [6, 6.07) is 19.3. The van der Waals surface area contributed by atoms with E-state index in [9.17, 15) is 4.79 Å². The van der Waals surface area contributed by atoms with Crippen molar-refractivity contribution in [3.05, 3.63) is 82.6 Å². The summed E-state index contributed by atoms with van der Waals surface area (Å²) in [5.41, 5.74) is 1.80. The van der Waals surface area contributed by atoms with Gasteiger partial charge in [-0.25, -0.2) is 0 Å².